The van der Waals surface area contributed by atoms with E-state index in [1.807, 2.05) is 4.90 Å². The number of hydrogen-bond acceptors (Lipinski definition) is 7. The lowest BCUT2D eigenvalue weighted by Gasteiger charge is -2.34. The lowest BCUT2D eigenvalue weighted by Crippen LogP contribution is -2.49. The molecule has 1 amide bonds. The normalized spacial score (nSPS) is 18.9. The van der Waals surface area contributed by atoms with Gasteiger partial charge >= 0.3 is 0 Å². The molecule has 21 heavy (non-hydrogen) atoms. The predicted octanol–water partition coefficient (Wildman–Crippen LogP) is 0.300. The summed E-state index contributed by atoms with van der Waals surface area (Å²) < 4.78 is 0. The number of thiol groups is 1. The molecule has 114 valence electrons. The molecule has 0 unspecified atom stereocenters. The smallest absolute Gasteiger partial charge is 0.230 e. The van der Waals surface area contributed by atoms with Gasteiger partial charge in [-0.2, -0.15) is 27.6 Å². The van der Waals surface area contributed by atoms with Gasteiger partial charge in [0.15, 0.2) is 0 Å². The third-order valence-electron chi connectivity index (χ3n) is 3.84. The molecule has 0 aromatic carbocycles. The Labute approximate surface area is 129 Å². The van der Waals surface area contributed by atoms with Crippen LogP contribution in [0.25, 0.3) is 0 Å². The summed E-state index contributed by atoms with van der Waals surface area (Å²) in [4.78, 5) is 28.8. The van der Waals surface area contributed by atoms with E-state index in [-0.39, 0.29) is 11.9 Å². The molecule has 0 spiro atoms. The van der Waals surface area contributed by atoms with Crippen molar-refractivity contribution in [1.29, 1.82) is 0 Å². The molecule has 7 nitrogen and oxygen atoms in total. The van der Waals surface area contributed by atoms with Gasteiger partial charge in [0.1, 0.15) is 5.82 Å². The van der Waals surface area contributed by atoms with Crippen LogP contribution in [0.3, 0.4) is 0 Å². The molecule has 1 saturated heterocycles. The van der Waals surface area contributed by atoms with Crippen molar-refractivity contribution in [3.8, 4) is 0 Å². The number of carbonyl (C=O) groups is 1. The van der Waals surface area contributed by atoms with Crippen LogP contribution in [0.1, 0.15) is 31.0 Å². The van der Waals surface area contributed by atoms with Crippen molar-refractivity contribution in [1.82, 2.24) is 19.9 Å². The summed E-state index contributed by atoms with van der Waals surface area (Å²) in [6.45, 7) is 2.84. The highest BCUT2D eigenvalue weighted by atomic mass is 32.1. The quantitative estimate of drug-likeness (QED) is 0.778. The van der Waals surface area contributed by atoms with E-state index in [0.29, 0.717) is 37.1 Å². The molecule has 3 rings (SSSR count). The minimum Gasteiger partial charge on any atom is -0.368 e. The van der Waals surface area contributed by atoms with E-state index in [1.165, 1.54) is 0 Å². The molecule has 2 heterocycles. The Hall–Kier alpha value is -1.57. The van der Waals surface area contributed by atoms with Crippen LogP contribution in [0, 0.1) is 0 Å². The van der Waals surface area contributed by atoms with Gasteiger partial charge in [-0.15, -0.1) is 0 Å². The number of nitrogens with two attached hydrogens (primary N) is 1. The van der Waals surface area contributed by atoms with Crippen LogP contribution < -0.4 is 10.6 Å². The molecule has 0 radical (unpaired) electrons. The van der Waals surface area contributed by atoms with Crippen molar-refractivity contribution in [2.75, 3.05) is 42.6 Å². The summed E-state index contributed by atoms with van der Waals surface area (Å²) in [6.07, 6.45) is 2.76. The van der Waals surface area contributed by atoms with Gasteiger partial charge in [-0.1, -0.05) is 0 Å². The van der Waals surface area contributed by atoms with Gasteiger partial charge in [-0.05, 0) is 18.6 Å². The Morgan fingerprint density at radius 3 is 2.52 bits per heavy atom. The Morgan fingerprint density at radius 1 is 1.19 bits per heavy atom. The van der Waals surface area contributed by atoms with Gasteiger partial charge in [0.2, 0.25) is 17.8 Å². The molecule has 1 aromatic heterocycles. The molecule has 1 aromatic rings. The number of aromatic nitrogens is 3. The average Bonchev–Trinajstić information content (AvgIpc) is 3.32. The summed E-state index contributed by atoms with van der Waals surface area (Å²) in [6, 6.07) is 0. The van der Waals surface area contributed by atoms with Crippen molar-refractivity contribution < 1.29 is 4.79 Å². The summed E-state index contributed by atoms with van der Waals surface area (Å²) in [5, 5.41) is 0. The van der Waals surface area contributed by atoms with Crippen LogP contribution in [0.15, 0.2) is 0 Å². The molecule has 2 N–H and O–H groups in total. The number of hydrogen-bond donors (Lipinski definition) is 2. The van der Waals surface area contributed by atoms with Gasteiger partial charge in [0, 0.05) is 38.5 Å². The maximum atomic E-state index is 11.8. The zero-order valence-corrected chi connectivity index (χ0v) is 12.8. The number of rotatable bonds is 4. The first-order valence-corrected chi connectivity index (χ1v) is 7.95. The third kappa shape index (κ3) is 3.37. The lowest BCUT2D eigenvalue weighted by atomic mass is 10.3. The van der Waals surface area contributed by atoms with Crippen LogP contribution in [-0.2, 0) is 4.79 Å². The van der Waals surface area contributed by atoms with E-state index in [2.05, 4.69) is 32.5 Å². The van der Waals surface area contributed by atoms with Crippen LogP contribution in [0.2, 0.25) is 0 Å². The summed E-state index contributed by atoms with van der Waals surface area (Å²) >= 11 is 4.10. The summed E-state index contributed by atoms with van der Waals surface area (Å²) in [7, 11) is 0. The Balaban J connectivity index is 1.65. The topological polar surface area (TPSA) is 88.2 Å². The van der Waals surface area contributed by atoms with Crippen molar-refractivity contribution >= 4 is 30.4 Å². The molecule has 2 aliphatic rings. The van der Waals surface area contributed by atoms with Crippen LogP contribution >= 0.6 is 12.6 Å². The first-order chi connectivity index (χ1) is 10.2. The molecular weight excluding hydrogens is 288 g/mol. The monoisotopic (exact) mass is 308 g/mol. The minimum absolute atomic E-state index is 0.165. The van der Waals surface area contributed by atoms with Gasteiger partial charge in [-0.25, -0.2) is 0 Å². The molecule has 1 aliphatic carbocycles. The van der Waals surface area contributed by atoms with E-state index in [0.717, 1.165) is 31.8 Å². The van der Waals surface area contributed by atoms with E-state index in [1.54, 1.807) is 0 Å². The number of carbonyl (C=O) groups excluding carboxylic acids is 1. The molecule has 2 fully saturated rings. The molecule has 0 bridgehead atoms. The maximum Gasteiger partial charge on any atom is 0.230 e. The van der Waals surface area contributed by atoms with Crippen molar-refractivity contribution in [2.45, 2.75) is 25.2 Å². The van der Waals surface area contributed by atoms with Gasteiger partial charge in [0.25, 0.3) is 0 Å². The van der Waals surface area contributed by atoms with Crippen molar-refractivity contribution in [2.24, 2.45) is 0 Å². The SMILES string of the molecule is Nc1nc(C2CC2)nc(N2CCN(C(=O)CCS)CC2)n1. The lowest BCUT2D eigenvalue weighted by molar-refractivity contribution is -0.131. The zero-order chi connectivity index (χ0) is 14.8. The van der Waals surface area contributed by atoms with E-state index < -0.39 is 0 Å². The predicted molar refractivity (Wildman–Crippen MR) is 83.5 cm³/mol. The van der Waals surface area contributed by atoms with E-state index in [4.69, 9.17) is 5.73 Å². The standard InChI is InChI=1S/C13H20N6OS/c14-12-15-11(9-1-2-9)16-13(17-12)19-6-4-18(5-7-19)10(20)3-8-21/h9,21H,1-8H2,(H2,14,15,16,17). The Bertz CT molecular complexity index is 527. The largest absolute Gasteiger partial charge is 0.368 e. The average molecular weight is 308 g/mol. The fraction of sp³-hybridized carbons (Fsp3) is 0.692. The number of anilines is 2. The van der Waals surface area contributed by atoms with Crippen LogP contribution in [0.5, 0.6) is 0 Å². The fourth-order valence-electron chi connectivity index (χ4n) is 2.47. The second kappa shape index (κ2) is 6.05. The summed E-state index contributed by atoms with van der Waals surface area (Å²) in [5.74, 6) is 2.95. The molecule has 0 atom stereocenters. The first-order valence-electron chi connectivity index (χ1n) is 7.32. The van der Waals surface area contributed by atoms with Gasteiger partial charge in [0.05, 0.1) is 0 Å². The van der Waals surface area contributed by atoms with Crippen molar-refractivity contribution in [3.05, 3.63) is 5.82 Å². The molecule has 1 saturated carbocycles. The minimum atomic E-state index is 0.165. The number of nitrogen functional groups attached to an aromatic ring is 1. The number of amides is 1. The van der Waals surface area contributed by atoms with E-state index in [9.17, 15) is 4.79 Å². The molecule has 8 heteroatoms. The first kappa shape index (κ1) is 14.4. The highest BCUT2D eigenvalue weighted by Gasteiger charge is 2.29. The van der Waals surface area contributed by atoms with Crippen LogP contribution in [-0.4, -0.2) is 57.7 Å². The molecular formula is C13H20N6OS. The third-order valence-corrected chi connectivity index (χ3v) is 4.07. The zero-order valence-electron chi connectivity index (χ0n) is 11.9. The Morgan fingerprint density at radius 2 is 1.90 bits per heavy atom. The van der Waals surface area contributed by atoms with Gasteiger partial charge in [-0.3, -0.25) is 4.79 Å². The number of piperazine rings is 1. The second-order valence-electron chi connectivity index (χ2n) is 5.47. The Kier molecular flexibility index (Phi) is 4.14. The highest BCUT2D eigenvalue weighted by Crippen LogP contribution is 2.38. The van der Waals surface area contributed by atoms with E-state index >= 15 is 0 Å². The fourth-order valence-corrected chi connectivity index (χ4v) is 2.66. The summed E-state index contributed by atoms with van der Waals surface area (Å²) in [5.41, 5.74) is 5.78. The van der Waals surface area contributed by atoms with Crippen molar-refractivity contribution in [3.63, 3.8) is 0 Å². The highest BCUT2D eigenvalue weighted by molar-refractivity contribution is 7.80. The number of nitrogens with zero attached hydrogens (tertiary/aromatic N) is 5. The molecule has 1 aliphatic heterocycles. The van der Waals surface area contributed by atoms with Gasteiger partial charge < -0.3 is 15.5 Å². The second-order valence-corrected chi connectivity index (χ2v) is 5.91. The van der Waals surface area contributed by atoms with Crippen LogP contribution in [0.4, 0.5) is 11.9 Å². The maximum absolute atomic E-state index is 11.8.